The maximum atomic E-state index is 12.6. The van der Waals surface area contributed by atoms with Crippen molar-refractivity contribution in [2.75, 3.05) is 47.7 Å². The van der Waals surface area contributed by atoms with Gasteiger partial charge in [-0.15, -0.1) is 0 Å². The number of methoxy groups -OCH3 is 2. The molecule has 1 saturated heterocycles. The van der Waals surface area contributed by atoms with Gasteiger partial charge in [-0.05, 0) is 19.3 Å². The van der Waals surface area contributed by atoms with Gasteiger partial charge in [-0.25, -0.2) is 9.36 Å². The summed E-state index contributed by atoms with van der Waals surface area (Å²) < 4.78 is 59.9. The summed E-state index contributed by atoms with van der Waals surface area (Å²) in [6.45, 7) is 4.17. The number of hydrogen-bond donors (Lipinski definition) is 3. The Morgan fingerprint density at radius 2 is 1.61 bits per heavy atom. The molecule has 0 bridgehead atoms. The van der Waals surface area contributed by atoms with E-state index in [-0.39, 0.29) is 32.2 Å². The maximum Gasteiger partial charge on any atom is 0.472 e. The topological polar surface area (TPSA) is 213 Å². The summed E-state index contributed by atoms with van der Waals surface area (Å²) in [6.07, 6.45) is -3.66. The number of carbonyl (C=O) groups is 4. The van der Waals surface area contributed by atoms with Crippen LogP contribution in [0.2, 0.25) is 0 Å². The minimum atomic E-state index is -4.31. The van der Waals surface area contributed by atoms with Crippen LogP contribution in [-0.2, 0) is 61.2 Å². The lowest BCUT2D eigenvalue weighted by Gasteiger charge is -2.39. The van der Waals surface area contributed by atoms with E-state index in [9.17, 15) is 28.6 Å². The van der Waals surface area contributed by atoms with Crippen LogP contribution in [0.3, 0.4) is 0 Å². The smallest absolute Gasteiger partial charge is 0.463 e. The van der Waals surface area contributed by atoms with E-state index in [0.29, 0.717) is 25.8 Å². The highest BCUT2D eigenvalue weighted by molar-refractivity contribution is 7.47. The van der Waals surface area contributed by atoms with E-state index in [1.807, 2.05) is 0 Å². The van der Waals surface area contributed by atoms with Crippen LogP contribution in [0.4, 0.5) is 4.79 Å². The van der Waals surface area contributed by atoms with Crippen molar-refractivity contribution in [1.82, 2.24) is 10.6 Å². The Labute approximate surface area is 256 Å². The zero-order chi connectivity index (χ0) is 32.9. The number of urea groups is 1. The molecule has 1 aliphatic carbocycles. The first-order valence-electron chi connectivity index (χ1n) is 14.2. The SMILES string of the molecule is COCC1CC(NC(=O)NCCCCOC2CC(OC(C)=O)C(OC(C)=O)C(COC(C)=O)O2)C(OC)C1OP(=O)(O)OC. The van der Waals surface area contributed by atoms with Crippen molar-refractivity contribution >= 4 is 31.8 Å². The second-order valence-electron chi connectivity index (χ2n) is 10.3. The van der Waals surface area contributed by atoms with Crippen molar-refractivity contribution < 1.29 is 70.8 Å². The fourth-order valence-electron chi connectivity index (χ4n) is 5.12. The van der Waals surface area contributed by atoms with Crippen molar-refractivity contribution in [3.63, 3.8) is 0 Å². The number of carbonyl (C=O) groups excluding carboxylic acids is 4. The Balaban J connectivity index is 1.83. The molecule has 44 heavy (non-hydrogen) atoms. The summed E-state index contributed by atoms with van der Waals surface area (Å²) >= 11 is 0. The molecule has 2 amide bonds. The van der Waals surface area contributed by atoms with Gasteiger partial charge < -0.3 is 48.7 Å². The lowest BCUT2D eigenvalue weighted by Crippen LogP contribution is -2.54. The fraction of sp³-hybridized carbons (Fsp3) is 0.846. The molecule has 9 atom stereocenters. The van der Waals surface area contributed by atoms with Crippen LogP contribution in [-0.4, -0.2) is 119 Å². The highest BCUT2D eigenvalue weighted by Crippen LogP contribution is 2.48. The molecule has 18 heteroatoms. The Kier molecular flexibility index (Phi) is 16.0. The first kappa shape index (κ1) is 37.8. The standard InChI is InChI=1S/C26H45N2O15P/c1-15(29)39-14-21-25(41-17(3)31)20(40-16(2)30)12-22(42-21)38-10-8-7-9-27-26(32)28-19-11-18(13-35-4)23(24(19)36-5)43-44(33,34)37-6/h18-25H,7-14H2,1-6H3,(H,33,34)(H2,27,28,32). The maximum absolute atomic E-state index is 12.6. The molecule has 254 valence electrons. The van der Waals surface area contributed by atoms with Crippen LogP contribution >= 0.6 is 7.82 Å². The van der Waals surface area contributed by atoms with E-state index >= 15 is 0 Å². The van der Waals surface area contributed by atoms with Gasteiger partial charge in [0, 0.05) is 67.6 Å². The fourth-order valence-corrected chi connectivity index (χ4v) is 5.80. The van der Waals surface area contributed by atoms with Crippen LogP contribution in [0.1, 0.15) is 46.5 Å². The second-order valence-corrected chi connectivity index (χ2v) is 11.8. The largest absolute Gasteiger partial charge is 0.472 e. The summed E-state index contributed by atoms with van der Waals surface area (Å²) in [5.41, 5.74) is 0. The molecule has 0 radical (unpaired) electrons. The van der Waals surface area contributed by atoms with E-state index in [1.54, 1.807) is 0 Å². The molecule has 2 rings (SSSR count). The third-order valence-electron chi connectivity index (χ3n) is 6.91. The predicted molar refractivity (Wildman–Crippen MR) is 149 cm³/mol. The van der Waals surface area contributed by atoms with Gasteiger partial charge in [0.2, 0.25) is 0 Å². The summed E-state index contributed by atoms with van der Waals surface area (Å²) in [4.78, 5) is 57.1. The molecular formula is C26H45N2O15P. The zero-order valence-corrected chi connectivity index (χ0v) is 26.8. The number of amides is 2. The van der Waals surface area contributed by atoms with Gasteiger partial charge in [0.1, 0.15) is 31.0 Å². The van der Waals surface area contributed by atoms with Crippen LogP contribution < -0.4 is 10.6 Å². The van der Waals surface area contributed by atoms with Crippen LogP contribution in [0, 0.1) is 5.92 Å². The van der Waals surface area contributed by atoms with Crippen molar-refractivity contribution in [1.29, 1.82) is 0 Å². The molecule has 0 aromatic heterocycles. The first-order valence-corrected chi connectivity index (χ1v) is 15.7. The highest BCUT2D eigenvalue weighted by Gasteiger charge is 2.48. The van der Waals surface area contributed by atoms with Gasteiger partial charge in [0.25, 0.3) is 0 Å². The second kappa shape index (κ2) is 18.6. The summed E-state index contributed by atoms with van der Waals surface area (Å²) in [5, 5.41) is 5.57. The number of ether oxygens (including phenoxy) is 7. The number of phosphoric acid groups is 1. The van der Waals surface area contributed by atoms with Crippen molar-refractivity contribution in [2.45, 2.75) is 89.3 Å². The Hall–Kier alpha value is -2.37. The van der Waals surface area contributed by atoms with Gasteiger partial charge in [0.15, 0.2) is 12.4 Å². The Bertz CT molecular complexity index is 1000. The van der Waals surface area contributed by atoms with E-state index in [4.69, 9.17) is 37.7 Å². The Morgan fingerprint density at radius 3 is 2.20 bits per heavy atom. The molecule has 0 aromatic carbocycles. The van der Waals surface area contributed by atoms with E-state index in [0.717, 1.165) is 7.11 Å². The molecule has 1 saturated carbocycles. The summed E-state index contributed by atoms with van der Waals surface area (Å²) in [5.74, 6) is -2.09. The molecule has 2 fully saturated rings. The third-order valence-corrected chi connectivity index (χ3v) is 7.88. The molecule has 0 spiro atoms. The average Bonchev–Trinajstić information content (AvgIpc) is 3.24. The monoisotopic (exact) mass is 656 g/mol. The third kappa shape index (κ3) is 12.6. The predicted octanol–water partition coefficient (Wildman–Crippen LogP) is 0.806. The number of esters is 3. The lowest BCUT2D eigenvalue weighted by atomic mass is 10.0. The van der Waals surface area contributed by atoms with E-state index in [2.05, 4.69) is 15.2 Å². The van der Waals surface area contributed by atoms with Crippen molar-refractivity contribution in [3.05, 3.63) is 0 Å². The molecule has 0 aromatic rings. The molecule has 2 aliphatic rings. The van der Waals surface area contributed by atoms with Gasteiger partial charge in [-0.3, -0.25) is 23.4 Å². The van der Waals surface area contributed by atoms with Crippen molar-refractivity contribution in [3.8, 4) is 0 Å². The molecule has 17 nitrogen and oxygen atoms in total. The molecule has 3 N–H and O–H groups in total. The number of hydrogen-bond acceptors (Lipinski definition) is 14. The van der Waals surface area contributed by atoms with Crippen LogP contribution in [0.5, 0.6) is 0 Å². The number of unbranched alkanes of at least 4 members (excludes halogenated alkanes) is 1. The minimum Gasteiger partial charge on any atom is -0.463 e. The van der Waals surface area contributed by atoms with Gasteiger partial charge in [-0.1, -0.05) is 0 Å². The number of phosphoric ester groups is 1. The zero-order valence-electron chi connectivity index (χ0n) is 25.9. The number of rotatable bonds is 17. The highest BCUT2D eigenvalue weighted by atomic mass is 31.2. The summed E-state index contributed by atoms with van der Waals surface area (Å²) in [6, 6.07) is -0.979. The molecular weight excluding hydrogens is 611 g/mol. The first-order chi connectivity index (χ1) is 20.8. The quantitative estimate of drug-likeness (QED) is 0.0855. The molecule has 1 heterocycles. The van der Waals surface area contributed by atoms with Gasteiger partial charge in [-0.2, -0.15) is 0 Å². The number of nitrogens with one attached hydrogen (secondary N) is 2. The van der Waals surface area contributed by atoms with Crippen LogP contribution in [0.25, 0.3) is 0 Å². The average molecular weight is 657 g/mol. The van der Waals surface area contributed by atoms with Gasteiger partial charge >= 0.3 is 31.8 Å². The summed E-state index contributed by atoms with van der Waals surface area (Å²) in [7, 11) is -0.347. The minimum absolute atomic E-state index is 0.0850. The van der Waals surface area contributed by atoms with E-state index in [1.165, 1.54) is 35.0 Å². The Morgan fingerprint density at radius 1 is 0.909 bits per heavy atom. The van der Waals surface area contributed by atoms with Crippen LogP contribution in [0.15, 0.2) is 0 Å². The molecule has 1 aliphatic heterocycles. The molecule has 9 unspecified atom stereocenters. The van der Waals surface area contributed by atoms with Gasteiger partial charge in [0.05, 0.1) is 12.6 Å². The van der Waals surface area contributed by atoms with E-state index < -0.39 is 74.6 Å². The lowest BCUT2D eigenvalue weighted by molar-refractivity contribution is -0.266. The normalized spacial score (nSPS) is 29.7. The van der Waals surface area contributed by atoms with Crippen molar-refractivity contribution in [2.24, 2.45) is 5.92 Å².